The predicted molar refractivity (Wildman–Crippen MR) is 93.9 cm³/mol. The topological polar surface area (TPSA) is 33.3 Å². The fourth-order valence-corrected chi connectivity index (χ4v) is 4.39. The van der Waals surface area contributed by atoms with Crippen LogP contribution in [0.1, 0.15) is 56.6 Å². The fraction of sp³-hybridized carbons (Fsp3) is 0.684. The van der Waals surface area contributed by atoms with Crippen LogP contribution < -0.4 is 10.6 Å². The van der Waals surface area contributed by atoms with Crippen LogP contribution in [0.2, 0.25) is 5.02 Å². The van der Waals surface area contributed by atoms with Gasteiger partial charge in [-0.2, -0.15) is 0 Å². The Morgan fingerprint density at radius 2 is 1.96 bits per heavy atom. The molecule has 0 radical (unpaired) electrons. The van der Waals surface area contributed by atoms with Gasteiger partial charge in [-0.25, -0.2) is 0 Å². The molecule has 2 bridgehead atoms. The van der Waals surface area contributed by atoms with E-state index in [1.807, 2.05) is 12.1 Å². The van der Waals surface area contributed by atoms with Crippen LogP contribution in [0.15, 0.2) is 24.3 Å². The molecule has 2 saturated heterocycles. The zero-order valence-corrected chi connectivity index (χ0v) is 14.4. The van der Waals surface area contributed by atoms with Crippen LogP contribution in [-0.2, 0) is 4.74 Å². The Hall–Kier alpha value is -0.610. The molecular weight excluding hydrogens is 308 g/mol. The van der Waals surface area contributed by atoms with Gasteiger partial charge in [0.15, 0.2) is 0 Å². The minimum absolute atomic E-state index is 0.117. The molecule has 0 amide bonds. The molecule has 1 aromatic carbocycles. The lowest BCUT2D eigenvalue weighted by Crippen LogP contribution is -2.47. The third-order valence-corrected chi connectivity index (χ3v) is 5.93. The molecule has 3 atom stereocenters. The van der Waals surface area contributed by atoms with Crippen molar-refractivity contribution in [1.29, 1.82) is 0 Å². The summed E-state index contributed by atoms with van der Waals surface area (Å²) in [6.45, 7) is 0.890. The summed E-state index contributed by atoms with van der Waals surface area (Å²) in [5.74, 6) is 0. The van der Waals surface area contributed by atoms with E-state index in [9.17, 15) is 0 Å². The summed E-state index contributed by atoms with van der Waals surface area (Å²) in [5.41, 5.74) is 1.20. The Balaban J connectivity index is 1.38. The van der Waals surface area contributed by atoms with Crippen LogP contribution in [0.4, 0.5) is 0 Å². The second kappa shape index (κ2) is 7.10. The van der Waals surface area contributed by atoms with Crippen molar-refractivity contribution in [3.8, 4) is 0 Å². The molecule has 2 aliphatic heterocycles. The van der Waals surface area contributed by atoms with Crippen molar-refractivity contribution in [2.75, 3.05) is 6.54 Å². The molecule has 2 heterocycles. The molecule has 1 aromatic rings. The molecular formula is C19H27ClN2O. The summed E-state index contributed by atoms with van der Waals surface area (Å²) >= 11 is 6.18. The van der Waals surface area contributed by atoms with E-state index in [1.165, 1.54) is 50.5 Å². The van der Waals surface area contributed by atoms with E-state index in [-0.39, 0.29) is 6.10 Å². The number of rotatable bonds is 6. The third-order valence-electron chi connectivity index (χ3n) is 5.69. The van der Waals surface area contributed by atoms with Crippen molar-refractivity contribution in [2.24, 2.45) is 0 Å². The number of ether oxygens (including phenoxy) is 1. The van der Waals surface area contributed by atoms with Gasteiger partial charge in [-0.3, -0.25) is 0 Å². The van der Waals surface area contributed by atoms with Gasteiger partial charge in [0.1, 0.15) is 0 Å². The fourth-order valence-electron chi connectivity index (χ4n) is 4.19. The highest BCUT2D eigenvalue weighted by Crippen LogP contribution is 2.31. The minimum Gasteiger partial charge on any atom is -0.369 e. The Kier molecular flexibility index (Phi) is 4.91. The van der Waals surface area contributed by atoms with E-state index in [4.69, 9.17) is 16.3 Å². The number of fused-ring (bicyclic) bond motifs is 2. The van der Waals surface area contributed by atoms with E-state index in [0.717, 1.165) is 23.7 Å². The lowest BCUT2D eigenvalue weighted by atomic mass is 9.95. The summed E-state index contributed by atoms with van der Waals surface area (Å²) in [5, 5.41) is 8.29. The van der Waals surface area contributed by atoms with Crippen LogP contribution in [0.25, 0.3) is 0 Å². The maximum absolute atomic E-state index is 6.35. The Labute approximate surface area is 144 Å². The maximum atomic E-state index is 6.35. The molecule has 3 nitrogen and oxygen atoms in total. The molecule has 3 unspecified atom stereocenters. The summed E-state index contributed by atoms with van der Waals surface area (Å²) in [7, 11) is 0. The van der Waals surface area contributed by atoms with Crippen molar-refractivity contribution in [3.63, 3.8) is 0 Å². The second-order valence-electron chi connectivity index (χ2n) is 7.45. The zero-order chi connectivity index (χ0) is 15.6. The lowest BCUT2D eigenvalue weighted by molar-refractivity contribution is -0.0532. The zero-order valence-electron chi connectivity index (χ0n) is 13.6. The number of piperidine rings is 1. The largest absolute Gasteiger partial charge is 0.369 e. The van der Waals surface area contributed by atoms with Crippen LogP contribution >= 0.6 is 11.6 Å². The average Bonchev–Trinajstić information content (AvgIpc) is 2.84. The highest BCUT2D eigenvalue weighted by atomic mass is 35.5. The second-order valence-corrected chi connectivity index (χ2v) is 7.88. The van der Waals surface area contributed by atoms with Gasteiger partial charge in [-0.15, -0.1) is 0 Å². The van der Waals surface area contributed by atoms with E-state index < -0.39 is 0 Å². The number of hydrogen-bond acceptors (Lipinski definition) is 3. The summed E-state index contributed by atoms with van der Waals surface area (Å²) in [6, 6.07) is 10.2. The van der Waals surface area contributed by atoms with Crippen molar-refractivity contribution in [1.82, 2.24) is 10.6 Å². The molecule has 3 fully saturated rings. The average molecular weight is 335 g/mol. The van der Waals surface area contributed by atoms with Crippen molar-refractivity contribution >= 4 is 11.6 Å². The van der Waals surface area contributed by atoms with E-state index in [1.54, 1.807) is 0 Å². The molecule has 1 aliphatic carbocycles. The Morgan fingerprint density at radius 3 is 2.61 bits per heavy atom. The highest BCUT2D eigenvalue weighted by molar-refractivity contribution is 6.30. The predicted octanol–water partition coefficient (Wildman–Crippen LogP) is 3.82. The molecule has 3 aliphatic rings. The first-order valence-electron chi connectivity index (χ1n) is 9.16. The quantitative estimate of drug-likeness (QED) is 0.829. The van der Waals surface area contributed by atoms with Gasteiger partial charge in [0.2, 0.25) is 0 Å². The highest BCUT2D eigenvalue weighted by Gasteiger charge is 2.33. The SMILES string of the molecule is Clc1cccc(C(CNC2CC3CCC(C2)N3)OC2CCC2)c1. The van der Waals surface area contributed by atoms with Gasteiger partial charge in [0.05, 0.1) is 12.2 Å². The van der Waals surface area contributed by atoms with Crippen LogP contribution in [0, 0.1) is 0 Å². The summed E-state index contributed by atoms with van der Waals surface area (Å²) < 4.78 is 6.35. The van der Waals surface area contributed by atoms with Crippen LogP contribution in [0.5, 0.6) is 0 Å². The van der Waals surface area contributed by atoms with Crippen LogP contribution in [0.3, 0.4) is 0 Å². The van der Waals surface area contributed by atoms with Crippen LogP contribution in [-0.4, -0.2) is 30.8 Å². The van der Waals surface area contributed by atoms with Gasteiger partial charge in [0, 0.05) is 29.7 Å². The molecule has 126 valence electrons. The van der Waals surface area contributed by atoms with E-state index in [2.05, 4.69) is 22.8 Å². The standard InChI is InChI=1S/C19H27ClN2O/c20-14-4-1-3-13(9-14)19(23-18-5-2-6-18)12-21-17-10-15-7-8-16(11-17)22-15/h1,3-4,9,15-19,21-22H,2,5-8,10-12H2. The molecule has 23 heavy (non-hydrogen) atoms. The van der Waals surface area contributed by atoms with Gasteiger partial charge in [-0.1, -0.05) is 23.7 Å². The molecule has 2 N–H and O–H groups in total. The number of nitrogens with one attached hydrogen (secondary N) is 2. The normalized spacial score (nSPS) is 31.8. The Bertz CT molecular complexity index is 522. The number of halogens is 1. The first kappa shape index (κ1) is 15.9. The molecule has 0 aromatic heterocycles. The van der Waals surface area contributed by atoms with Gasteiger partial charge in [-0.05, 0) is 62.6 Å². The van der Waals surface area contributed by atoms with Crippen molar-refractivity contribution in [2.45, 2.75) is 75.3 Å². The van der Waals surface area contributed by atoms with Crippen molar-refractivity contribution < 1.29 is 4.74 Å². The maximum Gasteiger partial charge on any atom is 0.0953 e. The first-order chi connectivity index (χ1) is 11.3. The summed E-state index contributed by atoms with van der Waals surface area (Å²) in [4.78, 5) is 0. The third kappa shape index (κ3) is 3.90. The van der Waals surface area contributed by atoms with E-state index >= 15 is 0 Å². The monoisotopic (exact) mass is 334 g/mol. The Morgan fingerprint density at radius 1 is 1.17 bits per heavy atom. The minimum atomic E-state index is 0.117. The van der Waals surface area contributed by atoms with Gasteiger partial charge in [0.25, 0.3) is 0 Å². The van der Waals surface area contributed by atoms with Gasteiger partial charge >= 0.3 is 0 Å². The lowest BCUT2D eigenvalue weighted by Gasteiger charge is -2.34. The molecule has 4 rings (SSSR count). The molecule has 1 saturated carbocycles. The van der Waals surface area contributed by atoms with Gasteiger partial charge < -0.3 is 15.4 Å². The first-order valence-corrected chi connectivity index (χ1v) is 9.54. The number of benzene rings is 1. The number of hydrogen-bond donors (Lipinski definition) is 2. The smallest absolute Gasteiger partial charge is 0.0953 e. The summed E-state index contributed by atoms with van der Waals surface area (Å²) in [6.07, 6.45) is 9.46. The molecule has 4 heteroatoms. The van der Waals surface area contributed by atoms with Crippen molar-refractivity contribution in [3.05, 3.63) is 34.9 Å². The van der Waals surface area contributed by atoms with E-state index in [0.29, 0.717) is 12.1 Å². The molecule has 0 spiro atoms.